The molecule has 3 fully saturated rings. The molecule has 0 aliphatic heterocycles. The monoisotopic (exact) mass is 420 g/mol. The number of aliphatic hydroxyl groups is 3. The summed E-state index contributed by atoms with van der Waals surface area (Å²) in [6.45, 7) is 7.85. The van der Waals surface area contributed by atoms with E-state index >= 15 is 0 Å². The molecule has 0 aromatic heterocycles. The van der Waals surface area contributed by atoms with Crippen LogP contribution in [-0.2, 0) is 9.53 Å². The lowest BCUT2D eigenvalue weighted by molar-refractivity contribution is -0.164. The molecule has 3 N–H and O–H groups in total. The number of carbonyl (C=O) groups is 1. The SMILES string of the molecule is C[C@H](COC(=O)C(C)(C)O)[C@H]1CCC2/C(=C/C=C3C[C@@H](O)C[C@H](O)C3)CCC[C@@]21C. The quantitative estimate of drug-likeness (QED) is 0.587. The van der Waals surface area contributed by atoms with Gasteiger partial charge in [-0.3, -0.25) is 0 Å². The average Bonchev–Trinajstić information content (AvgIpc) is 3.00. The van der Waals surface area contributed by atoms with Gasteiger partial charge in [-0.1, -0.05) is 37.1 Å². The summed E-state index contributed by atoms with van der Waals surface area (Å²) in [6.07, 6.45) is 11.1. The Morgan fingerprint density at radius 2 is 1.90 bits per heavy atom. The summed E-state index contributed by atoms with van der Waals surface area (Å²) in [4.78, 5) is 12.0. The number of hydrogen-bond acceptors (Lipinski definition) is 5. The van der Waals surface area contributed by atoms with Crippen molar-refractivity contribution in [2.24, 2.45) is 23.2 Å². The summed E-state index contributed by atoms with van der Waals surface area (Å²) in [5.74, 6) is 0.736. The highest BCUT2D eigenvalue weighted by atomic mass is 16.5. The molecule has 0 radical (unpaired) electrons. The van der Waals surface area contributed by atoms with Crippen LogP contribution in [0.5, 0.6) is 0 Å². The van der Waals surface area contributed by atoms with Crippen molar-refractivity contribution in [3.63, 3.8) is 0 Å². The van der Waals surface area contributed by atoms with Gasteiger partial charge in [0, 0.05) is 0 Å². The van der Waals surface area contributed by atoms with Crippen molar-refractivity contribution in [3.8, 4) is 0 Å². The molecule has 0 heterocycles. The van der Waals surface area contributed by atoms with Crippen LogP contribution in [0.3, 0.4) is 0 Å². The van der Waals surface area contributed by atoms with E-state index in [1.54, 1.807) is 0 Å². The molecule has 0 saturated heterocycles. The molecule has 5 nitrogen and oxygen atoms in total. The largest absolute Gasteiger partial charge is 0.463 e. The fraction of sp³-hybridized carbons (Fsp3) is 0.800. The van der Waals surface area contributed by atoms with E-state index in [0.717, 1.165) is 24.8 Å². The predicted molar refractivity (Wildman–Crippen MR) is 117 cm³/mol. The van der Waals surface area contributed by atoms with Gasteiger partial charge in [0.15, 0.2) is 5.60 Å². The van der Waals surface area contributed by atoms with Gasteiger partial charge >= 0.3 is 5.97 Å². The van der Waals surface area contributed by atoms with Gasteiger partial charge < -0.3 is 20.1 Å². The average molecular weight is 421 g/mol. The third-order valence-electron chi connectivity index (χ3n) is 7.77. The Hall–Kier alpha value is -1.17. The molecule has 0 spiro atoms. The van der Waals surface area contributed by atoms with Crippen LogP contribution in [0.15, 0.2) is 23.3 Å². The van der Waals surface area contributed by atoms with Crippen LogP contribution in [0, 0.1) is 23.2 Å². The molecule has 3 rings (SSSR count). The number of allylic oxidation sites excluding steroid dienone is 3. The summed E-state index contributed by atoms with van der Waals surface area (Å²) >= 11 is 0. The molecular formula is C25H40O5. The number of ether oxygens (including phenoxy) is 1. The molecule has 5 heteroatoms. The number of aliphatic hydroxyl groups excluding tert-OH is 2. The van der Waals surface area contributed by atoms with Gasteiger partial charge in [-0.05, 0) is 88.4 Å². The third kappa shape index (κ3) is 5.17. The Morgan fingerprint density at radius 1 is 1.23 bits per heavy atom. The van der Waals surface area contributed by atoms with Crippen molar-refractivity contribution < 1.29 is 24.9 Å². The lowest BCUT2D eigenvalue weighted by Gasteiger charge is -2.44. The first-order chi connectivity index (χ1) is 14.0. The van der Waals surface area contributed by atoms with Crippen LogP contribution in [0.2, 0.25) is 0 Å². The van der Waals surface area contributed by atoms with Crippen molar-refractivity contribution in [2.75, 3.05) is 6.61 Å². The summed E-state index contributed by atoms with van der Waals surface area (Å²) in [7, 11) is 0. The van der Waals surface area contributed by atoms with E-state index in [2.05, 4.69) is 26.0 Å². The first-order valence-electron chi connectivity index (χ1n) is 11.6. The zero-order valence-electron chi connectivity index (χ0n) is 19.1. The first kappa shape index (κ1) is 23.5. The summed E-state index contributed by atoms with van der Waals surface area (Å²) in [5, 5.41) is 29.7. The van der Waals surface area contributed by atoms with Gasteiger partial charge in [-0.2, -0.15) is 0 Å². The smallest absolute Gasteiger partial charge is 0.337 e. The molecule has 3 aliphatic rings. The fourth-order valence-corrected chi connectivity index (χ4v) is 6.24. The van der Waals surface area contributed by atoms with Gasteiger partial charge in [-0.15, -0.1) is 0 Å². The van der Waals surface area contributed by atoms with Crippen LogP contribution >= 0.6 is 0 Å². The van der Waals surface area contributed by atoms with E-state index in [-0.39, 0.29) is 11.3 Å². The standard InChI is InChI=1S/C25H40O5/c1-16(15-30-23(28)24(2,3)29)21-9-10-22-18(6-5-11-25(21,22)4)8-7-17-12-19(26)14-20(27)13-17/h7-8,16,19-22,26-27,29H,5-6,9-15H2,1-4H3/b18-8+/t16-,19-,20-,21-,22?,25-/m1/s1. The predicted octanol–water partition coefficient (Wildman–Crippen LogP) is 3.91. The number of fused-ring (bicyclic) bond motifs is 1. The van der Waals surface area contributed by atoms with Crippen molar-refractivity contribution >= 4 is 5.97 Å². The molecule has 1 unspecified atom stereocenters. The van der Waals surface area contributed by atoms with Gasteiger partial charge in [0.1, 0.15) is 0 Å². The first-order valence-corrected chi connectivity index (χ1v) is 11.6. The Balaban J connectivity index is 1.68. The highest BCUT2D eigenvalue weighted by molar-refractivity contribution is 5.78. The van der Waals surface area contributed by atoms with Crippen LogP contribution in [0.4, 0.5) is 0 Å². The Kier molecular flexibility index (Phi) is 7.15. The fourth-order valence-electron chi connectivity index (χ4n) is 6.24. The van der Waals surface area contributed by atoms with Crippen molar-refractivity contribution in [3.05, 3.63) is 23.3 Å². The Bertz CT molecular complexity index is 676. The molecule has 3 aliphatic carbocycles. The number of esters is 1. The van der Waals surface area contributed by atoms with E-state index in [4.69, 9.17) is 4.74 Å². The van der Waals surface area contributed by atoms with Crippen LogP contribution < -0.4 is 0 Å². The summed E-state index contributed by atoms with van der Waals surface area (Å²) < 4.78 is 5.42. The maximum atomic E-state index is 12.0. The van der Waals surface area contributed by atoms with Crippen LogP contribution in [-0.4, -0.2) is 45.7 Å². The van der Waals surface area contributed by atoms with E-state index in [9.17, 15) is 20.1 Å². The maximum Gasteiger partial charge on any atom is 0.337 e. The molecule has 0 amide bonds. The normalized spacial score (nSPS) is 37.0. The molecule has 170 valence electrons. The van der Waals surface area contributed by atoms with Gasteiger partial charge in [0.25, 0.3) is 0 Å². The zero-order chi connectivity index (χ0) is 22.1. The lowest BCUT2D eigenvalue weighted by Crippen LogP contribution is -2.39. The Labute approximate surface area is 181 Å². The van der Waals surface area contributed by atoms with Crippen LogP contribution in [0.1, 0.15) is 79.1 Å². The highest BCUT2D eigenvalue weighted by Gasteiger charge is 2.50. The molecule has 6 atom stereocenters. The van der Waals surface area contributed by atoms with Crippen LogP contribution in [0.25, 0.3) is 0 Å². The van der Waals surface area contributed by atoms with E-state index < -0.39 is 23.8 Å². The minimum absolute atomic E-state index is 0.203. The van der Waals surface area contributed by atoms with Gasteiger partial charge in [0.05, 0.1) is 18.8 Å². The maximum absolute atomic E-state index is 12.0. The van der Waals surface area contributed by atoms with E-state index in [1.807, 2.05) is 0 Å². The molecule has 0 bridgehead atoms. The Morgan fingerprint density at radius 3 is 2.53 bits per heavy atom. The van der Waals surface area contributed by atoms with E-state index in [1.165, 1.54) is 32.3 Å². The topological polar surface area (TPSA) is 87.0 Å². The molecule has 3 saturated carbocycles. The number of carbonyl (C=O) groups excluding carboxylic acids is 1. The second kappa shape index (κ2) is 9.13. The number of hydrogen-bond donors (Lipinski definition) is 3. The minimum atomic E-state index is -1.45. The molecule has 0 aromatic rings. The zero-order valence-corrected chi connectivity index (χ0v) is 19.1. The molecular weight excluding hydrogens is 380 g/mol. The minimum Gasteiger partial charge on any atom is -0.463 e. The second-order valence-corrected chi connectivity index (χ2v) is 10.7. The summed E-state index contributed by atoms with van der Waals surface area (Å²) in [5.41, 5.74) is 1.39. The van der Waals surface area contributed by atoms with E-state index in [0.29, 0.717) is 37.7 Å². The van der Waals surface area contributed by atoms with Crippen molar-refractivity contribution in [1.29, 1.82) is 0 Å². The summed E-state index contributed by atoms with van der Waals surface area (Å²) in [6, 6.07) is 0. The molecule has 0 aromatic carbocycles. The lowest BCUT2D eigenvalue weighted by atomic mass is 9.61. The van der Waals surface area contributed by atoms with Crippen molar-refractivity contribution in [2.45, 2.75) is 96.9 Å². The van der Waals surface area contributed by atoms with Crippen molar-refractivity contribution in [1.82, 2.24) is 0 Å². The van der Waals surface area contributed by atoms with Gasteiger partial charge in [0.2, 0.25) is 0 Å². The molecule has 30 heavy (non-hydrogen) atoms. The van der Waals surface area contributed by atoms with Gasteiger partial charge in [-0.25, -0.2) is 4.79 Å². The second-order valence-electron chi connectivity index (χ2n) is 10.7. The third-order valence-corrected chi connectivity index (χ3v) is 7.77. The number of rotatable bonds is 5. The highest BCUT2D eigenvalue weighted by Crippen LogP contribution is 2.59.